The Morgan fingerprint density at radius 3 is 2.62 bits per heavy atom. The molecule has 4 nitrogen and oxygen atoms in total. The Balaban J connectivity index is 1.78. The summed E-state index contributed by atoms with van der Waals surface area (Å²) in [5.74, 6) is -0.233. The zero-order chi connectivity index (χ0) is 21.1. The van der Waals surface area contributed by atoms with Gasteiger partial charge in [0.15, 0.2) is 0 Å². The maximum atomic E-state index is 12.3. The number of Topliss-reactive ketones (excluding diaryl/α,β-unsaturated/α-hetero) is 1. The average Bonchev–Trinajstić information content (AvgIpc) is 2.95. The smallest absolute Gasteiger partial charge is 0.305 e. The zero-order valence-corrected chi connectivity index (χ0v) is 18.0. The van der Waals surface area contributed by atoms with E-state index in [1.807, 2.05) is 18.2 Å². The Morgan fingerprint density at radius 2 is 1.97 bits per heavy atom. The lowest BCUT2D eigenvalue weighted by atomic mass is 9.63. The number of allylic oxidation sites excluding steroid dienone is 4. The van der Waals surface area contributed by atoms with Crippen molar-refractivity contribution in [2.45, 2.75) is 83.2 Å². The Labute approximate surface area is 176 Å². The Morgan fingerprint density at radius 1 is 1.21 bits per heavy atom. The maximum Gasteiger partial charge on any atom is 0.305 e. The second kappa shape index (κ2) is 12.1. The Kier molecular flexibility index (Phi) is 9.86. The molecule has 2 fully saturated rings. The number of ether oxygens (including phenoxy) is 1. The summed E-state index contributed by atoms with van der Waals surface area (Å²) in [5.41, 5.74) is 0.495. The van der Waals surface area contributed by atoms with Crippen LogP contribution in [0.15, 0.2) is 37.0 Å². The standard InChI is InChI=1S/C25H38O4/c1-3-4-15-25(17-11-18-25)16-10-9-13-21-20(22(26)19-23(21)27)12-7-5-6-8-14-24(28)29-2/h3,5,7,9,13,20-21,23,27H,1,4,6,8,10-12,14-19H2,2H3/b7-5-,13-9+/t20-,21-,23-/m1/s1. The normalized spacial score (nSPS) is 26.1. The monoisotopic (exact) mass is 402 g/mol. The lowest BCUT2D eigenvalue weighted by Crippen LogP contribution is -2.28. The SMILES string of the molecule is C=CCCC1(CC/C=C/[C@H]2[C@H](O)CC(=O)[C@@H]2C/C=C\CCCC(=O)OC)CCC1. The minimum atomic E-state index is -0.560. The van der Waals surface area contributed by atoms with Crippen molar-refractivity contribution < 1.29 is 19.4 Å². The quantitative estimate of drug-likeness (QED) is 0.257. The summed E-state index contributed by atoms with van der Waals surface area (Å²) in [6, 6.07) is 0. The summed E-state index contributed by atoms with van der Waals surface area (Å²) in [6.45, 7) is 3.85. The molecule has 29 heavy (non-hydrogen) atoms. The molecule has 0 aromatic rings. The summed E-state index contributed by atoms with van der Waals surface area (Å²) in [6.07, 6.45) is 21.2. The van der Waals surface area contributed by atoms with E-state index in [9.17, 15) is 14.7 Å². The summed E-state index contributed by atoms with van der Waals surface area (Å²) >= 11 is 0. The molecule has 0 amide bonds. The van der Waals surface area contributed by atoms with E-state index in [0.717, 1.165) is 25.7 Å². The molecular formula is C25H38O4. The number of unbranched alkanes of at least 4 members (excludes halogenated alkanes) is 1. The number of hydrogen-bond donors (Lipinski definition) is 1. The van der Waals surface area contributed by atoms with Gasteiger partial charge in [0.25, 0.3) is 0 Å². The fourth-order valence-electron chi connectivity index (χ4n) is 4.71. The van der Waals surface area contributed by atoms with Crippen LogP contribution in [-0.4, -0.2) is 30.1 Å². The molecule has 2 aliphatic rings. The van der Waals surface area contributed by atoms with Gasteiger partial charge in [0.05, 0.1) is 13.2 Å². The summed E-state index contributed by atoms with van der Waals surface area (Å²) in [4.78, 5) is 23.4. The van der Waals surface area contributed by atoms with Gasteiger partial charge < -0.3 is 9.84 Å². The van der Waals surface area contributed by atoms with Crippen molar-refractivity contribution >= 4 is 11.8 Å². The number of rotatable bonds is 13. The zero-order valence-electron chi connectivity index (χ0n) is 18.0. The van der Waals surface area contributed by atoms with Crippen LogP contribution in [0.1, 0.15) is 77.0 Å². The molecule has 0 aromatic carbocycles. The number of aliphatic hydroxyl groups excluding tert-OH is 1. The van der Waals surface area contributed by atoms with Crippen LogP contribution in [0.3, 0.4) is 0 Å². The molecule has 2 saturated carbocycles. The third-order valence-electron chi connectivity index (χ3n) is 6.76. The van der Waals surface area contributed by atoms with Gasteiger partial charge in [-0.1, -0.05) is 36.8 Å². The van der Waals surface area contributed by atoms with Crippen molar-refractivity contribution in [2.24, 2.45) is 17.3 Å². The highest BCUT2D eigenvalue weighted by Crippen LogP contribution is 2.48. The first-order valence-electron chi connectivity index (χ1n) is 11.2. The van der Waals surface area contributed by atoms with Gasteiger partial charge in [0.2, 0.25) is 0 Å². The van der Waals surface area contributed by atoms with E-state index in [1.165, 1.54) is 39.2 Å². The highest BCUT2D eigenvalue weighted by atomic mass is 16.5. The lowest BCUT2D eigenvalue weighted by molar-refractivity contribution is -0.140. The lowest BCUT2D eigenvalue weighted by Gasteiger charge is -2.42. The average molecular weight is 403 g/mol. The van der Waals surface area contributed by atoms with Crippen LogP contribution in [0.25, 0.3) is 0 Å². The van der Waals surface area contributed by atoms with Crippen LogP contribution >= 0.6 is 0 Å². The van der Waals surface area contributed by atoms with Crippen LogP contribution < -0.4 is 0 Å². The topological polar surface area (TPSA) is 63.6 Å². The molecule has 2 aliphatic carbocycles. The molecule has 0 radical (unpaired) electrons. The van der Waals surface area contributed by atoms with Crippen molar-refractivity contribution in [1.82, 2.24) is 0 Å². The number of carbonyl (C=O) groups excluding carboxylic acids is 2. The number of carbonyl (C=O) groups is 2. The van der Waals surface area contributed by atoms with Crippen molar-refractivity contribution in [3.63, 3.8) is 0 Å². The first-order valence-corrected chi connectivity index (χ1v) is 11.2. The Hall–Kier alpha value is -1.68. The van der Waals surface area contributed by atoms with E-state index < -0.39 is 6.10 Å². The minimum absolute atomic E-state index is 0.0762. The molecular weight excluding hydrogens is 364 g/mol. The predicted molar refractivity (Wildman–Crippen MR) is 116 cm³/mol. The summed E-state index contributed by atoms with van der Waals surface area (Å²) in [7, 11) is 1.40. The number of methoxy groups -OCH3 is 1. The van der Waals surface area contributed by atoms with E-state index in [4.69, 9.17) is 0 Å². The molecule has 0 aromatic heterocycles. The third-order valence-corrected chi connectivity index (χ3v) is 6.76. The molecule has 4 heteroatoms. The maximum absolute atomic E-state index is 12.3. The van der Waals surface area contributed by atoms with Crippen LogP contribution in [0.4, 0.5) is 0 Å². The van der Waals surface area contributed by atoms with E-state index in [0.29, 0.717) is 18.3 Å². The molecule has 1 N–H and O–H groups in total. The fourth-order valence-corrected chi connectivity index (χ4v) is 4.71. The van der Waals surface area contributed by atoms with Crippen molar-refractivity contribution in [1.29, 1.82) is 0 Å². The second-order valence-electron chi connectivity index (χ2n) is 8.74. The predicted octanol–water partition coefficient (Wildman–Crippen LogP) is 5.32. The molecule has 0 saturated heterocycles. The van der Waals surface area contributed by atoms with E-state index in [1.54, 1.807) is 0 Å². The van der Waals surface area contributed by atoms with E-state index in [-0.39, 0.29) is 30.0 Å². The van der Waals surface area contributed by atoms with Crippen molar-refractivity contribution in [3.05, 3.63) is 37.0 Å². The van der Waals surface area contributed by atoms with Crippen molar-refractivity contribution in [3.8, 4) is 0 Å². The third kappa shape index (κ3) is 7.26. The highest BCUT2D eigenvalue weighted by molar-refractivity contribution is 5.84. The minimum Gasteiger partial charge on any atom is -0.469 e. The van der Waals surface area contributed by atoms with E-state index >= 15 is 0 Å². The van der Waals surface area contributed by atoms with Gasteiger partial charge >= 0.3 is 5.97 Å². The van der Waals surface area contributed by atoms with Gasteiger partial charge in [-0.25, -0.2) is 0 Å². The highest BCUT2D eigenvalue weighted by Gasteiger charge is 2.39. The van der Waals surface area contributed by atoms with Gasteiger partial charge in [-0.2, -0.15) is 0 Å². The number of aliphatic hydroxyl groups is 1. The van der Waals surface area contributed by atoms with Crippen LogP contribution in [0.2, 0.25) is 0 Å². The van der Waals surface area contributed by atoms with Crippen LogP contribution in [-0.2, 0) is 14.3 Å². The second-order valence-corrected chi connectivity index (χ2v) is 8.74. The Bertz CT molecular complexity index is 600. The molecule has 3 atom stereocenters. The number of ketones is 1. The first kappa shape index (κ1) is 23.6. The van der Waals surface area contributed by atoms with Crippen molar-refractivity contribution in [2.75, 3.05) is 7.11 Å². The molecule has 0 unspecified atom stereocenters. The number of hydrogen-bond acceptors (Lipinski definition) is 4. The fraction of sp³-hybridized carbons (Fsp3) is 0.680. The molecule has 162 valence electrons. The van der Waals surface area contributed by atoms with Gasteiger partial charge in [-0.15, -0.1) is 6.58 Å². The van der Waals surface area contributed by atoms with Crippen LogP contribution in [0.5, 0.6) is 0 Å². The molecule has 2 rings (SSSR count). The largest absolute Gasteiger partial charge is 0.469 e. The van der Waals surface area contributed by atoms with Crippen LogP contribution in [0, 0.1) is 17.3 Å². The molecule has 0 bridgehead atoms. The van der Waals surface area contributed by atoms with E-state index in [2.05, 4.69) is 23.5 Å². The van der Waals surface area contributed by atoms with Gasteiger partial charge in [-0.3, -0.25) is 9.59 Å². The summed E-state index contributed by atoms with van der Waals surface area (Å²) < 4.78 is 4.63. The summed E-state index contributed by atoms with van der Waals surface area (Å²) in [5, 5.41) is 10.3. The van der Waals surface area contributed by atoms with Gasteiger partial charge in [-0.05, 0) is 63.2 Å². The molecule has 0 heterocycles. The molecule has 0 aliphatic heterocycles. The van der Waals surface area contributed by atoms with Gasteiger partial charge in [0, 0.05) is 24.7 Å². The first-order chi connectivity index (χ1) is 14.0. The molecule has 0 spiro atoms. The van der Waals surface area contributed by atoms with Gasteiger partial charge in [0.1, 0.15) is 5.78 Å². The number of esters is 1.